The van der Waals surface area contributed by atoms with Crippen molar-refractivity contribution in [1.29, 1.82) is 0 Å². The first-order chi connectivity index (χ1) is 6.25. The second kappa shape index (κ2) is 4.40. The van der Waals surface area contributed by atoms with Crippen LogP contribution in [0, 0.1) is 5.92 Å². The van der Waals surface area contributed by atoms with Crippen LogP contribution in [0.5, 0.6) is 0 Å². The van der Waals surface area contributed by atoms with Crippen molar-refractivity contribution >= 4 is 5.91 Å². The molecule has 1 unspecified atom stereocenters. The van der Waals surface area contributed by atoms with E-state index in [1.165, 1.54) is 10.9 Å². The maximum Gasteiger partial charge on any atom is 0.238 e. The van der Waals surface area contributed by atoms with Crippen molar-refractivity contribution in [3.05, 3.63) is 43.5 Å². The van der Waals surface area contributed by atoms with Crippen LogP contribution in [0.2, 0.25) is 0 Å². The second-order valence-corrected chi connectivity index (χ2v) is 2.72. The Bertz CT molecular complexity index is 312. The average molecular weight is 176 g/mol. The molecule has 1 heterocycles. The highest BCUT2D eigenvalue weighted by molar-refractivity contribution is 5.82. The summed E-state index contributed by atoms with van der Waals surface area (Å²) in [5, 5.41) is 0. The van der Waals surface area contributed by atoms with Gasteiger partial charge in [0.05, 0.1) is 5.92 Å². The molecule has 0 radical (unpaired) electrons. The summed E-state index contributed by atoms with van der Waals surface area (Å²) >= 11 is 0. The number of rotatable bonds is 3. The van der Waals surface area contributed by atoms with Gasteiger partial charge in [0.15, 0.2) is 0 Å². The fourth-order valence-corrected chi connectivity index (χ4v) is 0.952. The predicted molar refractivity (Wildman–Crippen MR) is 51.4 cm³/mol. The number of carbonyl (C=O) groups excluding carboxylic acids is 1. The van der Waals surface area contributed by atoms with Crippen LogP contribution in [0.25, 0.3) is 0 Å². The van der Waals surface area contributed by atoms with Crippen molar-refractivity contribution < 1.29 is 4.79 Å². The van der Waals surface area contributed by atoms with Gasteiger partial charge in [-0.1, -0.05) is 31.7 Å². The first-order valence-electron chi connectivity index (χ1n) is 4.07. The minimum atomic E-state index is -0.146. The molecule has 1 atom stereocenters. The van der Waals surface area contributed by atoms with E-state index in [0.717, 1.165) is 0 Å². The first-order valence-corrected chi connectivity index (χ1v) is 4.07. The lowest BCUT2D eigenvalue weighted by Crippen LogP contribution is -2.15. The number of aromatic nitrogens is 2. The molecule has 0 aliphatic rings. The van der Waals surface area contributed by atoms with Gasteiger partial charge >= 0.3 is 0 Å². The number of hydrogen-bond acceptors (Lipinski definition) is 2. The molecule has 1 rings (SSSR count). The topological polar surface area (TPSA) is 34.9 Å². The van der Waals surface area contributed by atoms with Crippen molar-refractivity contribution in [2.75, 3.05) is 0 Å². The predicted octanol–water partition coefficient (Wildman–Crippen LogP) is 1.90. The van der Waals surface area contributed by atoms with Gasteiger partial charge in [0.1, 0.15) is 6.33 Å². The molecule has 3 nitrogen and oxygen atoms in total. The van der Waals surface area contributed by atoms with E-state index in [2.05, 4.69) is 11.6 Å². The molecule has 0 bridgehead atoms. The monoisotopic (exact) mass is 176 g/mol. The van der Waals surface area contributed by atoms with Crippen molar-refractivity contribution in [2.24, 2.45) is 5.92 Å². The Labute approximate surface area is 77.4 Å². The van der Waals surface area contributed by atoms with Crippen LogP contribution in [-0.4, -0.2) is 15.5 Å². The number of hydrogen-bond donors (Lipinski definition) is 0. The Morgan fingerprint density at radius 3 is 3.00 bits per heavy atom. The van der Waals surface area contributed by atoms with Crippen molar-refractivity contribution in [3.63, 3.8) is 0 Å². The first kappa shape index (κ1) is 9.45. The normalized spacial score (nSPS) is 13.0. The van der Waals surface area contributed by atoms with Crippen LogP contribution in [-0.2, 0) is 0 Å². The van der Waals surface area contributed by atoms with Crippen LogP contribution in [0.15, 0.2) is 43.5 Å². The maximum atomic E-state index is 11.5. The Kier molecular flexibility index (Phi) is 3.20. The molecule has 0 fully saturated rings. The summed E-state index contributed by atoms with van der Waals surface area (Å²) in [4.78, 5) is 15.4. The molecule has 1 aromatic rings. The summed E-state index contributed by atoms with van der Waals surface area (Å²) < 4.78 is 1.47. The quantitative estimate of drug-likeness (QED) is 0.659. The van der Waals surface area contributed by atoms with Gasteiger partial charge in [0.2, 0.25) is 5.91 Å². The van der Waals surface area contributed by atoms with Gasteiger partial charge in [-0.15, -0.1) is 0 Å². The number of allylic oxidation sites excluding steroid dienone is 3. The minimum Gasteiger partial charge on any atom is -0.276 e. The third kappa shape index (κ3) is 2.40. The molecular weight excluding hydrogens is 164 g/mol. The highest BCUT2D eigenvalue weighted by Crippen LogP contribution is 2.02. The Morgan fingerprint density at radius 1 is 1.69 bits per heavy atom. The van der Waals surface area contributed by atoms with Gasteiger partial charge in [-0.05, 0) is 0 Å². The van der Waals surface area contributed by atoms with Gasteiger partial charge in [0, 0.05) is 12.4 Å². The largest absolute Gasteiger partial charge is 0.276 e. The van der Waals surface area contributed by atoms with E-state index >= 15 is 0 Å². The van der Waals surface area contributed by atoms with Crippen LogP contribution >= 0.6 is 0 Å². The zero-order chi connectivity index (χ0) is 9.68. The van der Waals surface area contributed by atoms with Gasteiger partial charge in [0.25, 0.3) is 0 Å². The molecule has 0 spiro atoms. The molecule has 1 aromatic heterocycles. The molecular formula is C10H12N2O. The molecule has 0 amide bonds. The summed E-state index contributed by atoms with van der Waals surface area (Å²) in [5.74, 6) is -0.136. The highest BCUT2D eigenvalue weighted by Gasteiger charge is 2.10. The third-order valence-electron chi connectivity index (χ3n) is 1.68. The van der Waals surface area contributed by atoms with E-state index < -0.39 is 0 Å². The summed E-state index contributed by atoms with van der Waals surface area (Å²) in [6.07, 6.45) is 9.94. The summed E-state index contributed by atoms with van der Waals surface area (Å²) in [6, 6.07) is 0. The van der Waals surface area contributed by atoms with Crippen molar-refractivity contribution in [1.82, 2.24) is 9.55 Å². The van der Waals surface area contributed by atoms with Gasteiger partial charge < -0.3 is 0 Å². The number of imidazole rings is 1. The lowest BCUT2D eigenvalue weighted by molar-refractivity contribution is 0.0870. The number of nitrogens with zero attached hydrogens (tertiary/aromatic N) is 2. The fourth-order valence-electron chi connectivity index (χ4n) is 0.952. The lowest BCUT2D eigenvalue weighted by atomic mass is 10.1. The van der Waals surface area contributed by atoms with Gasteiger partial charge in [-0.3, -0.25) is 9.36 Å². The van der Waals surface area contributed by atoms with Crippen molar-refractivity contribution in [2.45, 2.75) is 6.92 Å². The standard InChI is InChI=1S/C10H12N2O/c1-3-4-5-9(2)10(13)12-7-6-11-8-12/h3-9H,1H2,2H3/b5-4+. The summed E-state index contributed by atoms with van der Waals surface area (Å²) in [6.45, 7) is 5.37. The molecule has 68 valence electrons. The second-order valence-electron chi connectivity index (χ2n) is 2.72. The van der Waals surface area contributed by atoms with Crippen LogP contribution in [0.3, 0.4) is 0 Å². The van der Waals surface area contributed by atoms with E-state index in [0.29, 0.717) is 0 Å². The molecule has 0 aliphatic heterocycles. The van der Waals surface area contributed by atoms with Crippen LogP contribution < -0.4 is 0 Å². The molecule has 0 aromatic carbocycles. The summed E-state index contributed by atoms with van der Waals surface area (Å²) in [5.41, 5.74) is 0. The molecule has 0 saturated heterocycles. The van der Waals surface area contributed by atoms with E-state index in [1.54, 1.807) is 30.6 Å². The molecule has 3 heteroatoms. The molecule has 0 saturated carbocycles. The number of carbonyl (C=O) groups is 1. The smallest absolute Gasteiger partial charge is 0.238 e. The van der Waals surface area contributed by atoms with Gasteiger partial charge in [-0.2, -0.15) is 0 Å². The zero-order valence-electron chi connectivity index (χ0n) is 7.55. The van der Waals surface area contributed by atoms with Gasteiger partial charge in [-0.25, -0.2) is 4.98 Å². The Hall–Kier alpha value is -1.64. The van der Waals surface area contributed by atoms with Crippen LogP contribution in [0.4, 0.5) is 0 Å². The molecule has 13 heavy (non-hydrogen) atoms. The summed E-state index contributed by atoms with van der Waals surface area (Å²) in [7, 11) is 0. The molecule has 0 N–H and O–H groups in total. The Morgan fingerprint density at radius 2 is 2.46 bits per heavy atom. The van der Waals surface area contributed by atoms with Crippen molar-refractivity contribution in [3.8, 4) is 0 Å². The Balaban J connectivity index is 2.68. The zero-order valence-corrected chi connectivity index (χ0v) is 7.55. The highest BCUT2D eigenvalue weighted by atomic mass is 16.2. The van der Waals surface area contributed by atoms with E-state index in [-0.39, 0.29) is 11.8 Å². The lowest BCUT2D eigenvalue weighted by Gasteiger charge is -2.04. The average Bonchev–Trinajstić information content (AvgIpc) is 2.65. The van der Waals surface area contributed by atoms with E-state index in [4.69, 9.17) is 0 Å². The maximum absolute atomic E-state index is 11.5. The van der Waals surface area contributed by atoms with Crippen LogP contribution in [0.1, 0.15) is 11.7 Å². The van der Waals surface area contributed by atoms with E-state index in [9.17, 15) is 4.79 Å². The molecule has 0 aliphatic carbocycles. The minimum absolute atomic E-state index is 0.00981. The fraction of sp³-hybridized carbons (Fsp3) is 0.200. The van der Waals surface area contributed by atoms with E-state index in [1.807, 2.05) is 6.92 Å². The SMILES string of the molecule is C=C/C=C/C(C)C(=O)n1ccnc1. The third-order valence-corrected chi connectivity index (χ3v) is 1.68.